The van der Waals surface area contributed by atoms with E-state index >= 15 is 0 Å². The van der Waals surface area contributed by atoms with Crippen molar-refractivity contribution in [3.05, 3.63) is 181 Å². The van der Waals surface area contributed by atoms with Crippen molar-refractivity contribution in [1.29, 1.82) is 5.26 Å². The fourth-order valence-electron chi connectivity index (χ4n) is 8.51. The van der Waals surface area contributed by atoms with E-state index in [4.69, 9.17) is 9.40 Å². The Morgan fingerprint density at radius 3 is 2.27 bits per heavy atom. The van der Waals surface area contributed by atoms with Crippen molar-refractivity contribution in [2.45, 2.75) is 37.0 Å². The number of furan rings is 1. The summed E-state index contributed by atoms with van der Waals surface area (Å²) < 4.78 is 12.6. The van der Waals surface area contributed by atoms with E-state index in [1.807, 2.05) is 66.7 Å². The number of rotatable bonds is 6. The maximum Gasteiger partial charge on any atom is 0.158 e. The van der Waals surface area contributed by atoms with Gasteiger partial charge in [-0.25, -0.2) is 0 Å². The van der Waals surface area contributed by atoms with E-state index in [0.717, 1.165) is 77.1 Å². The second-order valence-corrected chi connectivity index (χ2v) is 28.5. The standard InChI is InChI=1S/C38H20N3OS.C17H22GeN.Ir/c39-22-23-16-18-24(19-17-23)25-20-21-29(37-35(25)28-9-2-6-15-34(28)43-37)38-40-30-11-3-4-12-31(30)41(38)32-13-7-10-27-26-8-1-5-14-33(26)42-36(27)32;1-13(2)15-11-17(14-9-7-6-8-10-14)19-12-16(15)18(3,4)5;/h1-20H;6-9,11-13H,1-5H3;/q2*-1;. The zero-order valence-corrected chi connectivity index (χ0v) is 40.8. The molecule has 11 rings (SSSR count). The van der Waals surface area contributed by atoms with E-state index in [9.17, 15) is 5.26 Å². The van der Waals surface area contributed by atoms with Gasteiger partial charge in [0.15, 0.2) is 5.58 Å². The Morgan fingerprint density at radius 1 is 0.778 bits per heavy atom. The molecule has 7 aromatic carbocycles. The van der Waals surface area contributed by atoms with E-state index in [2.05, 4.69) is 150 Å². The smallest absolute Gasteiger partial charge is 0.158 e. The van der Waals surface area contributed by atoms with Gasteiger partial charge in [-0.15, -0.1) is 12.1 Å². The second-order valence-electron chi connectivity index (χ2n) is 16.9. The molecule has 0 fully saturated rings. The zero-order chi connectivity index (χ0) is 42.5. The van der Waals surface area contributed by atoms with Crippen molar-refractivity contribution < 1.29 is 24.5 Å². The fourth-order valence-corrected chi connectivity index (χ4v) is 13.3. The molecule has 0 aliphatic carbocycles. The molecule has 4 heterocycles. The molecular weight excluding hydrogens is 1030 g/mol. The van der Waals surface area contributed by atoms with Gasteiger partial charge in [-0.1, -0.05) is 94.9 Å². The Bertz CT molecular complexity index is 3500. The molecule has 0 atom stereocenters. The number of benzene rings is 7. The van der Waals surface area contributed by atoms with Gasteiger partial charge in [0.1, 0.15) is 5.58 Å². The third-order valence-electron chi connectivity index (χ3n) is 11.5. The topological polar surface area (TPSA) is 67.6 Å². The number of hydrogen-bond acceptors (Lipinski definition) is 5. The molecule has 5 nitrogen and oxygen atoms in total. The van der Waals surface area contributed by atoms with Crippen LogP contribution in [0.15, 0.2) is 162 Å². The largest absolute Gasteiger partial charge is 0.454 e. The minimum absolute atomic E-state index is 0. The summed E-state index contributed by atoms with van der Waals surface area (Å²) in [4.78, 5) is 9.90. The predicted molar refractivity (Wildman–Crippen MR) is 261 cm³/mol. The molecule has 8 heteroatoms. The maximum absolute atomic E-state index is 9.36. The van der Waals surface area contributed by atoms with Crippen LogP contribution in [0.3, 0.4) is 0 Å². The van der Waals surface area contributed by atoms with Gasteiger partial charge in [0.05, 0.1) is 34.2 Å². The van der Waals surface area contributed by atoms with E-state index in [1.54, 1.807) is 11.3 Å². The van der Waals surface area contributed by atoms with Gasteiger partial charge in [0, 0.05) is 35.6 Å². The summed E-state index contributed by atoms with van der Waals surface area (Å²) in [5.41, 5.74) is 11.9. The molecule has 1 radical (unpaired) electrons. The average molecular weight is 1070 g/mol. The fraction of sp³-hybridized carbons (Fsp3) is 0.109. The molecule has 0 unspecified atom stereocenters. The van der Waals surface area contributed by atoms with Gasteiger partial charge in [-0.3, -0.25) is 4.98 Å². The summed E-state index contributed by atoms with van der Waals surface area (Å²) in [5.74, 6) is 8.65. The number of imidazole rings is 1. The van der Waals surface area contributed by atoms with Crippen LogP contribution in [0.4, 0.5) is 0 Å². The molecule has 0 saturated carbocycles. The second kappa shape index (κ2) is 17.2. The van der Waals surface area contributed by atoms with E-state index < -0.39 is 13.3 Å². The van der Waals surface area contributed by atoms with Crippen LogP contribution in [0.2, 0.25) is 17.3 Å². The third-order valence-corrected chi connectivity index (χ3v) is 17.0. The molecule has 0 bridgehead atoms. The van der Waals surface area contributed by atoms with Crippen LogP contribution < -0.4 is 4.40 Å². The van der Waals surface area contributed by atoms with Crippen LogP contribution in [0.25, 0.3) is 92.6 Å². The molecule has 11 aromatic rings. The number of thiophene rings is 1. The van der Waals surface area contributed by atoms with Crippen molar-refractivity contribution in [2.24, 2.45) is 0 Å². The van der Waals surface area contributed by atoms with Crippen LogP contribution in [0, 0.1) is 23.5 Å². The molecule has 0 N–H and O–H groups in total. The minimum Gasteiger partial charge on any atom is -0.454 e. The molecule has 309 valence electrons. The number of nitriles is 1. The number of pyridine rings is 1. The van der Waals surface area contributed by atoms with E-state index in [-0.39, 0.29) is 20.1 Å². The van der Waals surface area contributed by atoms with Gasteiger partial charge in [0.25, 0.3) is 0 Å². The first kappa shape index (κ1) is 42.2. The summed E-state index contributed by atoms with van der Waals surface area (Å²) in [6.07, 6.45) is 2.12. The molecule has 0 spiro atoms. The normalized spacial score (nSPS) is 11.6. The number of aromatic nitrogens is 3. The van der Waals surface area contributed by atoms with Gasteiger partial charge >= 0.3 is 119 Å². The molecule has 4 aromatic heterocycles. The minimum atomic E-state index is -1.85. The SMILES string of the molecule is CC(C)c1cc(-c2[c-]cccc2)nc[c]1[Ge]([CH3])([CH3])[CH3].N#Cc1ccc(-c2c[c-]c(-c3nc4ccccc4n3-c3cccc4c3oc3ccccc34)c3sc4ccccc4c23)cc1.[Ir]. The van der Waals surface area contributed by atoms with Crippen LogP contribution >= 0.6 is 11.3 Å². The first-order valence-corrected chi connectivity index (χ1v) is 29.1. The monoisotopic (exact) mass is 1070 g/mol. The van der Waals surface area contributed by atoms with Gasteiger partial charge in [-0.05, 0) is 52.6 Å². The predicted octanol–water partition coefficient (Wildman–Crippen LogP) is 14.5. The molecular formula is C55H42GeIrN4OS-2. The number of hydrogen-bond donors (Lipinski definition) is 0. The van der Waals surface area contributed by atoms with Gasteiger partial charge in [0.2, 0.25) is 0 Å². The summed E-state index contributed by atoms with van der Waals surface area (Å²) in [6, 6.07) is 60.6. The third kappa shape index (κ3) is 7.72. The Morgan fingerprint density at radius 2 is 1.51 bits per heavy atom. The summed E-state index contributed by atoms with van der Waals surface area (Å²) in [7, 11) is 0. The van der Waals surface area contributed by atoms with Crippen molar-refractivity contribution in [3.63, 3.8) is 0 Å². The van der Waals surface area contributed by atoms with E-state index in [1.165, 1.54) is 25.4 Å². The van der Waals surface area contributed by atoms with Crippen LogP contribution in [0.1, 0.15) is 30.9 Å². The molecule has 0 aliphatic heterocycles. The average Bonchev–Trinajstić information content (AvgIpc) is 4.01. The zero-order valence-electron chi connectivity index (χ0n) is 35.5. The molecule has 0 aliphatic rings. The summed E-state index contributed by atoms with van der Waals surface area (Å²) in [6.45, 7) is 4.54. The molecule has 0 saturated heterocycles. The molecule has 63 heavy (non-hydrogen) atoms. The summed E-state index contributed by atoms with van der Waals surface area (Å²) >= 11 is -0.0905. The number of nitrogens with zero attached hydrogens (tertiary/aromatic N) is 4. The maximum atomic E-state index is 9.36. The van der Waals surface area contributed by atoms with Crippen LogP contribution in [-0.2, 0) is 20.1 Å². The Kier molecular flexibility index (Phi) is 11.5. The van der Waals surface area contributed by atoms with Gasteiger partial charge in [-0.2, -0.15) is 16.6 Å². The Labute approximate surface area is 387 Å². The van der Waals surface area contributed by atoms with Crippen LogP contribution in [-0.4, -0.2) is 27.8 Å². The van der Waals surface area contributed by atoms with Crippen LogP contribution in [0.5, 0.6) is 0 Å². The van der Waals surface area contributed by atoms with Crippen molar-refractivity contribution in [3.8, 4) is 45.5 Å². The Hall–Kier alpha value is -6.14. The van der Waals surface area contributed by atoms with Crippen molar-refractivity contribution >= 4 is 82.1 Å². The number of fused-ring (bicyclic) bond motifs is 7. The Balaban J connectivity index is 0.000000213. The van der Waals surface area contributed by atoms with Crippen molar-refractivity contribution in [1.82, 2.24) is 14.5 Å². The molecule has 0 amide bonds. The van der Waals surface area contributed by atoms with Crippen molar-refractivity contribution in [2.75, 3.05) is 0 Å². The first-order valence-electron chi connectivity index (χ1n) is 20.9. The quantitative estimate of drug-likeness (QED) is 0.123. The number of para-hydroxylation sites is 4. The van der Waals surface area contributed by atoms with Gasteiger partial charge < -0.3 is 8.98 Å². The summed E-state index contributed by atoms with van der Waals surface area (Å²) in [5, 5.41) is 13.9. The van der Waals surface area contributed by atoms with E-state index in [0.29, 0.717) is 11.5 Å². The first-order chi connectivity index (χ1) is 30.2.